The van der Waals surface area contributed by atoms with Crippen LogP contribution in [0.15, 0.2) is 54.9 Å². The molecule has 3 N–H and O–H groups in total. The van der Waals surface area contributed by atoms with Crippen LogP contribution in [0.4, 0.5) is 5.82 Å². The van der Waals surface area contributed by atoms with Gasteiger partial charge in [-0.2, -0.15) is 0 Å². The Labute approximate surface area is 144 Å². The highest BCUT2D eigenvalue weighted by Crippen LogP contribution is 2.19. The number of aromatic nitrogens is 1. The Balaban J connectivity index is 1.45. The summed E-state index contributed by atoms with van der Waals surface area (Å²) in [7, 11) is 0. The summed E-state index contributed by atoms with van der Waals surface area (Å²) in [6.45, 7) is 8.05. The van der Waals surface area contributed by atoms with Crippen LogP contribution in [-0.4, -0.2) is 18.1 Å². The molecule has 1 aromatic heterocycles. The molecule has 0 bridgehead atoms. The Hall–Kier alpha value is -2.49. The minimum absolute atomic E-state index is 0.234. The van der Waals surface area contributed by atoms with Gasteiger partial charge in [0.2, 0.25) is 0 Å². The van der Waals surface area contributed by atoms with Crippen LogP contribution in [0.2, 0.25) is 0 Å². The molecular weight excluding hydrogens is 296 g/mol. The third-order valence-electron chi connectivity index (χ3n) is 4.36. The zero-order valence-electron chi connectivity index (χ0n) is 14.3. The first-order valence-electron chi connectivity index (χ1n) is 8.69. The molecule has 0 fully saturated rings. The van der Waals surface area contributed by atoms with Gasteiger partial charge in [-0.15, -0.1) is 0 Å². The third-order valence-corrected chi connectivity index (χ3v) is 4.36. The van der Waals surface area contributed by atoms with Gasteiger partial charge in [0.1, 0.15) is 5.82 Å². The predicted molar refractivity (Wildman–Crippen MR) is 99.9 cm³/mol. The van der Waals surface area contributed by atoms with Gasteiger partial charge in [0.15, 0.2) is 0 Å². The van der Waals surface area contributed by atoms with Gasteiger partial charge in [-0.1, -0.05) is 43.0 Å². The molecule has 4 nitrogen and oxygen atoms in total. The first-order chi connectivity index (χ1) is 11.7. The molecule has 3 rings (SSSR count). The van der Waals surface area contributed by atoms with Gasteiger partial charge in [0, 0.05) is 31.2 Å². The standard InChI is InChI=1S/C20H26N4/c1-15(17-7-4-3-5-8-17)23-16(2)21-14-12-19-11-10-18-9-6-13-22-20(18)24-19/h3-5,7-8,10-11,15,21,23H,2,6,9,12-14H2,1H3,(H,22,24). The van der Waals surface area contributed by atoms with Gasteiger partial charge >= 0.3 is 0 Å². The first kappa shape index (κ1) is 16.4. The van der Waals surface area contributed by atoms with Crippen molar-refractivity contribution in [3.8, 4) is 0 Å². The van der Waals surface area contributed by atoms with Gasteiger partial charge in [-0.25, -0.2) is 4.98 Å². The zero-order chi connectivity index (χ0) is 16.8. The second-order valence-corrected chi connectivity index (χ2v) is 6.27. The van der Waals surface area contributed by atoms with E-state index >= 15 is 0 Å². The second-order valence-electron chi connectivity index (χ2n) is 6.27. The van der Waals surface area contributed by atoms with Crippen LogP contribution in [0.25, 0.3) is 0 Å². The molecule has 0 saturated heterocycles. The van der Waals surface area contributed by atoms with Crippen LogP contribution < -0.4 is 16.0 Å². The van der Waals surface area contributed by atoms with Gasteiger partial charge in [-0.05, 0) is 37.0 Å². The Morgan fingerprint density at radius 1 is 1.25 bits per heavy atom. The molecule has 1 aromatic carbocycles. The lowest BCUT2D eigenvalue weighted by molar-refractivity contribution is 0.597. The van der Waals surface area contributed by atoms with Crippen LogP contribution in [0, 0.1) is 0 Å². The summed E-state index contributed by atoms with van der Waals surface area (Å²) in [4.78, 5) is 4.72. The zero-order valence-corrected chi connectivity index (χ0v) is 14.3. The van der Waals surface area contributed by atoms with Gasteiger partial charge < -0.3 is 16.0 Å². The number of hydrogen-bond acceptors (Lipinski definition) is 4. The molecule has 1 unspecified atom stereocenters. The van der Waals surface area contributed by atoms with Crippen molar-refractivity contribution in [3.63, 3.8) is 0 Å². The molecule has 0 aliphatic carbocycles. The van der Waals surface area contributed by atoms with Crippen LogP contribution in [0.1, 0.15) is 36.2 Å². The van der Waals surface area contributed by atoms with E-state index in [0.29, 0.717) is 0 Å². The largest absolute Gasteiger partial charge is 0.372 e. The fraction of sp³-hybridized carbons (Fsp3) is 0.350. The van der Waals surface area contributed by atoms with Crippen molar-refractivity contribution in [2.75, 3.05) is 18.4 Å². The summed E-state index contributed by atoms with van der Waals surface area (Å²) >= 11 is 0. The van der Waals surface area contributed by atoms with E-state index in [2.05, 4.69) is 65.9 Å². The molecule has 1 atom stereocenters. The molecular formula is C20H26N4. The average molecular weight is 322 g/mol. The fourth-order valence-corrected chi connectivity index (χ4v) is 2.99. The molecule has 4 heteroatoms. The predicted octanol–water partition coefficient (Wildman–Crippen LogP) is 3.39. The van der Waals surface area contributed by atoms with E-state index < -0.39 is 0 Å². The van der Waals surface area contributed by atoms with E-state index in [1.54, 1.807) is 0 Å². The number of fused-ring (bicyclic) bond motifs is 1. The summed E-state index contributed by atoms with van der Waals surface area (Å²) in [6.07, 6.45) is 3.21. The number of hydrogen-bond donors (Lipinski definition) is 3. The molecule has 2 heterocycles. The van der Waals surface area contributed by atoms with E-state index in [0.717, 1.165) is 43.3 Å². The minimum atomic E-state index is 0.234. The lowest BCUT2D eigenvalue weighted by atomic mass is 10.1. The van der Waals surface area contributed by atoms with E-state index in [1.807, 2.05) is 6.07 Å². The SMILES string of the molecule is C=C(NCCc1ccc2c(n1)NCCC2)NC(C)c1ccccc1. The van der Waals surface area contributed by atoms with Crippen LogP contribution in [-0.2, 0) is 12.8 Å². The van der Waals surface area contributed by atoms with E-state index in [4.69, 9.17) is 4.98 Å². The molecule has 126 valence electrons. The maximum atomic E-state index is 4.72. The highest BCUT2D eigenvalue weighted by molar-refractivity contribution is 5.47. The monoisotopic (exact) mass is 322 g/mol. The lowest BCUT2D eigenvalue weighted by Crippen LogP contribution is -2.29. The minimum Gasteiger partial charge on any atom is -0.372 e. The third kappa shape index (κ3) is 4.28. The Morgan fingerprint density at radius 2 is 2.08 bits per heavy atom. The van der Waals surface area contributed by atoms with Gasteiger partial charge in [-0.3, -0.25) is 0 Å². The number of rotatable bonds is 7. The number of benzene rings is 1. The summed E-state index contributed by atoms with van der Waals surface area (Å²) in [6, 6.07) is 15.0. The Kier molecular flexibility index (Phi) is 5.36. The summed E-state index contributed by atoms with van der Waals surface area (Å²) < 4.78 is 0. The molecule has 1 aliphatic rings. The fourth-order valence-electron chi connectivity index (χ4n) is 2.99. The van der Waals surface area contributed by atoms with Crippen LogP contribution in [0.3, 0.4) is 0 Å². The Bertz CT molecular complexity index is 681. The number of nitrogens with zero attached hydrogens (tertiary/aromatic N) is 1. The second kappa shape index (κ2) is 7.86. The van der Waals surface area contributed by atoms with Crippen molar-refractivity contribution in [1.29, 1.82) is 0 Å². The Morgan fingerprint density at radius 3 is 2.92 bits per heavy atom. The highest BCUT2D eigenvalue weighted by atomic mass is 15.1. The number of anilines is 1. The van der Waals surface area contributed by atoms with E-state index in [-0.39, 0.29) is 6.04 Å². The van der Waals surface area contributed by atoms with Crippen molar-refractivity contribution in [1.82, 2.24) is 15.6 Å². The van der Waals surface area contributed by atoms with Crippen molar-refractivity contribution in [2.24, 2.45) is 0 Å². The molecule has 0 saturated carbocycles. The lowest BCUT2D eigenvalue weighted by Gasteiger charge is -2.19. The average Bonchev–Trinajstić information content (AvgIpc) is 2.62. The topological polar surface area (TPSA) is 49.0 Å². The highest BCUT2D eigenvalue weighted by Gasteiger charge is 2.10. The van der Waals surface area contributed by atoms with E-state index in [9.17, 15) is 0 Å². The normalized spacial score (nSPS) is 14.2. The van der Waals surface area contributed by atoms with Gasteiger partial charge in [0.05, 0.1) is 5.82 Å². The van der Waals surface area contributed by atoms with Crippen LogP contribution >= 0.6 is 0 Å². The molecule has 24 heavy (non-hydrogen) atoms. The summed E-state index contributed by atoms with van der Waals surface area (Å²) in [5.41, 5.74) is 3.70. The van der Waals surface area contributed by atoms with Crippen LogP contribution in [0.5, 0.6) is 0 Å². The number of pyridine rings is 1. The van der Waals surface area contributed by atoms with Crippen molar-refractivity contribution >= 4 is 5.82 Å². The maximum absolute atomic E-state index is 4.72. The summed E-state index contributed by atoms with van der Waals surface area (Å²) in [5.74, 6) is 1.91. The van der Waals surface area contributed by atoms with Crippen molar-refractivity contribution in [3.05, 3.63) is 71.7 Å². The number of aryl methyl sites for hydroxylation is 1. The molecule has 0 amide bonds. The molecule has 0 spiro atoms. The van der Waals surface area contributed by atoms with Crippen molar-refractivity contribution in [2.45, 2.75) is 32.2 Å². The molecule has 1 aliphatic heterocycles. The number of nitrogens with one attached hydrogen (secondary N) is 3. The van der Waals surface area contributed by atoms with Gasteiger partial charge in [0.25, 0.3) is 0 Å². The smallest absolute Gasteiger partial charge is 0.129 e. The maximum Gasteiger partial charge on any atom is 0.129 e. The molecule has 2 aromatic rings. The van der Waals surface area contributed by atoms with Crippen molar-refractivity contribution < 1.29 is 0 Å². The molecule has 0 radical (unpaired) electrons. The summed E-state index contributed by atoms with van der Waals surface area (Å²) in [5, 5.41) is 10.1. The quantitative estimate of drug-likeness (QED) is 0.731. The first-order valence-corrected chi connectivity index (χ1v) is 8.69. The van der Waals surface area contributed by atoms with E-state index in [1.165, 1.54) is 17.5 Å².